The number of aromatic nitrogens is 4. The molecule has 9 heteroatoms. The number of hydrogen-bond donors (Lipinski definition) is 1. The maximum Gasteiger partial charge on any atom is 0.321 e. The summed E-state index contributed by atoms with van der Waals surface area (Å²) in [6.07, 6.45) is 9.78. The van der Waals surface area contributed by atoms with Crippen LogP contribution in [0.25, 0.3) is 10.9 Å². The van der Waals surface area contributed by atoms with E-state index in [2.05, 4.69) is 32.4 Å². The first kappa shape index (κ1) is 19.9. The van der Waals surface area contributed by atoms with Gasteiger partial charge in [0.2, 0.25) is 5.82 Å². The van der Waals surface area contributed by atoms with E-state index >= 15 is 0 Å². The quantitative estimate of drug-likeness (QED) is 0.671. The zero-order chi connectivity index (χ0) is 21.2. The summed E-state index contributed by atoms with van der Waals surface area (Å²) in [5, 5.41) is 16.4. The molecular formula is C20H16F2N6O. The van der Waals surface area contributed by atoms with Gasteiger partial charge in [0.15, 0.2) is 0 Å². The van der Waals surface area contributed by atoms with Gasteiger partial charge >= 0.3 is 5.92 Å². The number of benzene rings is 1. The SMILES string of the molecule is C#Cc1ncc([C@H]([C@H](C)NC(=O)C(C)(F)F)n2ncc3cc(C#N)ccc32)cn1. The fourth-order valence-corrected chi connectivity index (χ4v) is 2.96. The van der Waals surface area contributed by atoms with Crippen LogP contribution in [0.15, 0.2) is 36.8 Å². The van der Waals surface area contributed by atoms with Crippen molar-refractivity contribution >= 4 is 16.8 Å². The van der Waals surface area contributed by atoms with Gasteiger partial charge in [-0.15, -0.1) is 6.42 Å². The predicted octanol–water partition coefficient (Wildman–Crippen LogP) is 2.43. The van der Waals surface area contributed by atoms with Crippen molar-refractivity contribution in [2.45, 2.75) is 31.9 Å². The van der Waals surface area contributed by atoms with Crippen molar-refractivity contribution in [3.05, 3.63) is 53.7 Å². The van der Waals surface area contributed by atoms with Gasteiger partial charge in [0.1, 0.15) is 6.04 Å². The average molecular weight is 394 g/mol. The van der Waals surface area contributed by atoms with Crippen molar-refractivity contribution in [3.63, 3.8) is 0 Å². The van der Waals surface area contributed by atoms with Crippen LogP contribution in [-0.2, 0) is 4.79 Å². The topological polar surface area (TPSA) is 96.5 Å². The lowest BCUT2D eigenvalue weighted by Gasteiger charge is -2.27. The number of halogens is 2. The van der Waals surface area contributed by atoms with E-state index < -0.39 is 23.9 Å². The highest BCUT2D eigenvalue weighted by Gasteiger charge is 2.35. The number of nitrogens with zero attached hydrogens (tertiary/aromatic N) is 5. The largest absolute Gasteiger partial charge is 0.346 e. The van der Waals surface area contributed by atoms with E-state index in [0.717, 1.165) is 0 Å². The Labute approximate surface area is 165 Å². The predicted molar refractivity (Wildman–Crippen MR) is 101 cm³/mol. The zero-order valence-electron chi connectivity index (χ0n) is 15.6. The third-order valence-electron chi connectivity index (χ3n) is 4.36. The van der Waals surface area contributed by atoms with Gasteiger partial charge in [0, 0.05) is 30.3 Å². The second kappa shape index (κ2) is 7.64. The summed E-state index contributed by atoms with van der Waals surface area (Å²) in [5.41, 5.74) is 1.63. The maximum absolute atomic E-state index is 13.4. The van der Waals surface area contributed by atoms with Gasteiger partial charge < -0.3 is 5.32 Å². The number of nitrogens with one attached hydrogen (secondary N) is 1. The average Bonchev–Trinajstić information content (AvgIpc) is 3.10. The van der Waals surface area contributed by atoms with Crippen LogP contribution >= 0.6 is 0 Å². The summed E-state index contributed by atoms with van der Waals surface area (Å²) in [7, 11) is 0. The second-order valence-electron chi connectivity index (χ2n) is 6.55. The smallest absolute Gasteiger partial charge is 0.321 e. The molecule has 2 heterocycles. The van der Waals surface area contributed by atoms with Crippen LogP contribution in [0.2, 0.25) is 0 Å². The molecule has 3 aromatic rings. The van der Waals surface area contributed by atoms with E-state index in [4.69, 9.17) is 11.7 Å². The summed E-state index contributed by atoms with van der Waals surface area (Å²) in [4.78, 5) is 20.0. The van der Waals surface area contributed by atoms with Gasteiger partial charge in [-0.1, -0.05) is 0 Å². The standard InChI is InChI=1S/C20H16F2N6O/c1-4-17-24-9-15(10-25-17)18(12(2)27-19(29)20(3,21)22)28-16-6-5-13(8-23)7-14(16)11-26-28/h1,5-7,9-12,18H,2-3H3,(H,27,29)/t12-,18-/m0/s1. The maximum atomic E-state index is 13.4. The summed E-state index contributed by atoms with van der Waals surface area (Å²) in [5.74, 6) is -2.45. The Bertz CT molecular complexity index is 1130. The Morgan fingerprint density at radius 2 is 2.00 bits per heavy atom. The summed E-state index contributed by atoms with van der Waals surface area (Å²) in [6.45, 7) is 2.11. The molecule has 1 aromatic carbocycles. The molecule has 2 atom stereocenters. The molecule has 0 radical (unpaired) electrons. The normalized spacial score (nSPS) is 13.3. The van der Waals surface area contributed by atoms with Gasteiger partial charge in [0.25, 0.3) is 5.91 Å². The van der Waals surface area contributed by atoms with Gasteiger partial charge in [-0.3, -0.25) is 9.48 Å². The zero-order valence-corrected chi connectivity index (χ0v) is 15.6. The Balaban J connectivity index is 2.09. The van der Waals surface area contributed by atoms with E-state index in [0.29, 0.717) is 29.0 Å². The Kier molecular flexibility index (Phi) is 5.24. The number of nitriles is 1. The van der Waals surface area contributed by atoms with E-state index in [1.54, 1.807) is 36.0 Å². The van der Waals surface area contributed by atoms with E-state index in [1.165, 1.54) is 12.4 Å². The Morgan fingerprint density at radius 3 is 2.59 bits per heavy atom. The van der Waals surface area contributed by atoms with Gasteiger partial charge in [-0.25, -0.2) is 9.97 Å². The second-order valence-corrected chi connectivity index (χ2v) is 6.55. The van der Waals surface area contributed by atoms with Crippen LogP contribution in [-0.4, -0.2) is 37.6 Å². The first-order chi connectivity index (χ1) is 13.7. The monoisotopic (exact) mass is 394 g/mol. The van der Waals surface area contributed by atoms with E-state index in [9.17, 15) is 13.6 Å². The van der Waals surface area contributed by atoms with Crippen LogP contribution in [0.1, 0.15) is 36.8 Å². The summed E-state index contributed by atoms with van der Waals surface area (Å²) in [6, 6.07) is 5.56. The fourth-order valence-electron chi connectivity index (χ4n) is 2.96. The molecule has 0 aliphatic carbocycles. The van der Waals surface area contributed by atoms with Crippen molar-refractivity contribution in [2.24, 2.45) is 0 Å². The number of amides is 1. The highest BCUT2D eigenvalue weighted by molar-refractivity contribution is 5.83. The summed E-state index contributed by atoms with van der Waals surface area (Å²) >= 11 is 0. The van der Waals surface area contributed by atoms with E-state index in [1.807, 2.05) is 0 Å². The molecular weight excluding hydrogens is 378 g/mol. The fraction of sp³-hybridized carbons (Fsp3) is 0.250. The summed E-state index contributed by atoms with van der Waals surface area (Å²) < 4.78 is 28.4. The van der Waals surface area contributed by atoms with Crippen LogP contribution in [0.4, 0.5) is 8.78 Å². The molecule has 0 aliphatic rings. The molecule has 7 nitrogen and oxygen atoms in total. The first-order valence-corrected chi connectivity index (χ1v) is 8.59. The number of carbonyl (C=O) groups excluding carboxylic acids is 1. The van der Waals surface area contributed by atoms with Crippen LogP contribution in [0, 0.1) is 23.7 Å². The number of hydrogen-bond acceptors (Lipinski definition) is 5. The minimum atomic E-state index is -3.53. The highest BCUT2D eigenvalue weighted by atomic mass is 19.3. The lowest BCUT2D eigenvalue weighted by molar-refractivity contribution is -0.143. The van der Waals surface area contributed by atoms with Crippen molar-refractivity contribution in [1.29, 1.82) is 5.26 Å². The third kappa shape index (κ3) is 4.04. The molecule has 29 heavy (non-hydrogen) atoms. The van der Waals surface area contributed by atoms with Gasteiger partial charge in [0.05, 0.1) is 29.4 Å². The molecule has 2 aromatic heterocycles. The number of fused-ring (bicyclic) bond motifs is 1. The minimum absolute atomic E-state index is 0.174. The molecule has 1 amide bonds. The molecule has 0 bridgehead atoms. The molecule has 146 valence electrons. The van der Waals surface area contributed by atoms with Crippen molar-refractivity contribution in [2.75, 3.05) is 0 Å². The van der Waals surface area contributed by atoms with Crippen molar-refractivity contribution in [1.82, 2.24) is 25.1 Å². The molecule has 0 saturated carbocycles. The lowest BCUT2D eigenvalue weighted by Crippen LogP contribution is -2.46. The van der Waals surface area contributed by atoms with Crippen LogP contribution < -0.4 is 5.32 Å². The highest BCUT2D eigenvalue weighted by Crippen LogP contribution is 2.27. The van der Waals surface area contributed by atoms with E-state index in [-0.39, 0.29) is 5.82 Å². The minimum Gasteiger partial charge on any atom is -0.346 e. The number of carbonyl (C=O) groups is 1. The van der Waals surface area contributed by atoms with Crippen LogP contribution in [0.5, 0.6) is 0 Å². The van der Waals surface area contributed by atoms with Crippen molar-refractivity contribution in [3.8, 4) is 18.4 Å². The molecule has 1 N–H and O–H groups in total. The molecule has 0 aliphatic heterocycles. The third-order valence-corrected chi connectivity index (χ3v) is 4.36. The molecule has 0 saturated heterocycles. The Hall–Kier alpha value is -3.85. The number of rotatable bonds is 5. The first-order valence-electron chi connectivity index (χ1n) is 8.59. The molecule has 0 fully saturated rings. The Morgan fingerprint density at radius 1 is 1.31 bits per heavy atom. The lowest BCUT2D eigenvalue weighted by atomic mass is 10.0. The molecule has 3 rings (SSSR count). The van der Waals surface area contributed by atoms with Gasteiger partial charge in [-0.05, 0) is 31.0 Å². The number of alkyl halides is 2. The van der Waals surface area contributed by atoms with Gasteiger partial charge in [-0.2, -0.15) is 19.1 Å². The molecule has 0 unspecified atom stereocenters. The number of terminal acetylenes is 1. The molecule has 0 spiro atoms. The van der Waals surface area contributed by atoms with Crippen LogP contribution in [0.3, 0.4) is 0 Å². The van der Waals surface area contributed by atoms with Crippen molar-refractivity contribution < 1.29 is 13.6 Å².